The van der Waals surface area contributed by atoms with Gasteiger partial charge >= 0.3 is 0 Å². The Bertz CT molecular complexity index is 163. The third kappa shape index (κ3) is 2.23. The first-order chi connectivity index (χ1) is 5.61. The molecule has 1 fully saturated rings. The zero-order chi connectivity index (χ0) is 9.14. The Morgan fingerprint density at radius 3 is 2.50 bits per heavy atom. The maximum atomic E-state index is 7.85. The van der Waals surface area contributed by atoms with Crippen molar-refractivity contribution in [2.24, 2.45) is 11.8 Å². The molecule has 2 heteroatoms. The maximum absolute atomic E-state index is 7.85. The minimum Gasteiger partial charge on any atom is -0.366 e. The van der Waals surface area contributed by atoms with Gasteiger partial charge in [0.05, 0.1) is 5.84 Å². The van der Waals surface area contributed by atoms with E-state index in [4.69, 9.17) is 5.41 Å². The zero-order valence-corrected chi connectivity index (χ0v) is 8.43. The van der Waals surface area contributed by atoms with Crippen molar-refractivity contribution in [3.05, 3.63) is 0 Å². The van der Waals surface area contributed by atoms with Crippen molar-refractivity contribution >= 4 is 5.84 Å². The van der Waals surface area contributed by atoms with E-state index in [1.165, 1.54) is 25.7 Å². The van der Waals surface area contributed by atoms with Crippen molar-refractivity contribution in [1.82, 2.24) is 4.90 Å². The van der Waals surface area contributed by atoms with Gasteiger partial charge in [0.1, 0.15) is 0 Å². The fourth-order valence-corrected chi connectivity index (χ4v) is 2.05. The maximum Gasteiger partial charge on any atom is 0.0984 e. The number of amidine groups is 1. The van der Waals surface area contributed by atoms with Crippen LogP contribution in [0.5, 0.6) is 0 Å². The summed E-state index contributed by atoms with van der Waals surface area (Å²) in [6, 6.07) is 0. The average molecular weight is 168 g/mol. The largest absolute Gasteiger partial charge is 0.366 e. The third-order valence-electron chi connectivity index (χ3n) is 2.80. The first kappa shape index (κ1) is 9.56. The van der Waals surface area contributed by atoms with E-state index in [1.54, 1.807) is 0 Å². The van der Waals surface area contributed by atoms with Crippen molar-refractivity contribution in [2.75, 3.05) is 14.1 Å². The quantitative estimate of drug-likeness (QED) is 0.472. The molecule has 12 heavy (non-hydrogen) atoms. The van der Waals surface area contributed by atoms with E-state index in [2.05, 4.69) is 6.92 Å². The van der Waals surface area contributed by atoms with Crippen LogP contribution in [0.15, 0.2) is 0 Å². The van der Waals surface area contributed by atoms with Crippen molar-refractivity contribution in [1.29, 1.82) is 5.41 Å². The number of hydrogen-bond acceptors (Lipinski definition) is 1. The highest BCUT2D eigenvalue weighted by Crippen LogP contribution is 2.29. The molecule has 0 aromatic carbocycles. The van der Waals surface area contributed by atoms with E-state index in [-0.39, 0.29) is 0 Å². The summed E-state index contributed by atoms with van der Waals surface area (Å²) in [7, 11) is 3.95. The molecule has 2 atom stereocenters. The smallest absolute Gasteiger partial charge is 0.0984 e. The van der Waals surface area contributed by atoms with Gasteiger partial charge in [0.15, 0.2) is 0 Å². The van der Waals surface area contributed by atoms with Crippen molar-refractivity contribution in [3.63, 3.8) is 0 Å². The van der Waals surface area contributed by atoms with Crippen LogP contribution < -0.4 is 0 Å². The third-order valence-corrected chi connectivity index (χ3v) is 2.80. The number of nitrogens with one attached hydrogen (secondary N) is 1. The van der Waals surface area contributed by atoms with Gasteiger partial charge in [0, 0.05) is 20.0 Å². The summed E-state index contributed by atoms with van der Waals surface area (Å²) >= 11 is 0. The van der Waals surface area contributed by atoms with Gasteiger partial charge in [-0.2, -0.15) is 0 Å². The van der Waals surface area contributed by atoms with Gasteiger partial charge in [-0.25, -0.2) is 0 Å². The second kappa shape index (κ2) is 3.92. The predicted molar refractivity (Wildman–Crippen MR) is 52.5 cm³/mol. The Hall–Kier alpha value is -0.530. The molecule has 2 unspecified atom stereocenters. The lowest BCUT2D eigenvalue weighted by molar-refractivity contribution is 0.323. The molecule has 0 aromatic heterocycles. The molecule has 0 bridgehead atoms. The summed E-state index contributed by atoms with van der Waals surface area (Å²) < 4.78 is 0. The molecule has 0 spiro atoms. The Kier molecular flexibility index (Phi) is 3.12. The normalized spacial score (nSPS) is 29.9. The van der Waals surface area contributed by atoms with E-state index in [0.29, 0.717) is 5.92 Å². The molecule has 0 aromatic rings. The second-order valence-electron chi connectivity index (χ2n) is 4.25. The molecule has 0 heterocycles. The molecule has 1 aliphatic carbocycles. The fraction of sp³-hybridized carbons (Fsp3) is 0.900. The first-order valence-corrected chi connectivity index (χ1v) is 4.87. The average Bonchev–Trinajstić information content (AvgIpc) is 2.03. The minimum absolute atomic E-state index is 0.531. The van der Waals surface area contributed by atoms with Gasteiger partial charge in [-0.3, -0.25) is 5.41 Å². The fourth-order valence-electron chi connectivity index (χ4n) is 2.05. The minimum atomic E-state index is 0.531. The Morgan fingerprint density at radius 2 is 2.00 bits per heavy atom. The molecule has 70 valence electrons. The lowest BCUT2D eigenvalue weighted by atomic mass is 9.81. The van der Waals surface area contributed by atoms with Gasteiger partial charge in [-0.1, -0.05) is 19.8 Å². The highest BCUT2D eigenvalue weighted by molar-refractivity contribution is 5.81. The summed E-state index contributed by atoms with van der Waals surface area (Å²) in [6.45, 7) is 2.30. The number of nitrogens with zero attached hydrogens (tertiary/aromatic N) is 1. The molecule has 0 aliphatic heterocycles. The predicted octanol–water partition coefficient (Wildman–Crippen LogP) is 2.35. The van der Waals surface area contributed by atoms with Crippen LogP contribution in [0, 0.1) is 17.2 Å². The first-order valence-electron chi connectivity index (χ1n) is 4.87. The topological polar surface area (TPSA) is 27.1 Å². The van der Waals surface area contributed by atoms with Crippen LogP contribution in [0.3, 0.4) is 0 Å². The lowest BCUT2D eigenvalue weighted by Crippen LogP contribution is -2.31. The number of rotatable bonds is 1. The standard InChI is InChI=1S/C10H20N2/c1-8-5-4-6-9(7-8)10(11)12(2)3/h8-9,11H,4-7H2,1-3H3. The molecule has 0 amide bonds. The summed E-state index contributed by atoms with van der Waals surface area (Å²) in [5, 5.41) is 7.85. The van der Waals surface area contributed by atoms with E-state index >= 15 is 0 Å². The second-order valence-corrected chi connectivity index (χ2v) is 4.25. The molecular formula is C10H20N2. The molecule has 1 saturated carbocycles. The van der Waals surface area contributed by atoms with E-state index in [1.807, 2.05) is 19.0 Å². The summed E-state index contributed by atoms with van der Waals surface area (Å²) in [4.78, 5) is 1.95. The van der Waals surface area contributed by atoms with Crippen LogP contribution in [0.25, 0.3) is 0 Å². The molecule has 1 aliphatic rings. The van der Waals surface area contributed by atoms with Crippen LogP contribution in [0.4, 0.5) is 0 Å². The molecule has 1 N–H and O–H groups in total. The van der Waals surface area contributed by atoms with Gasteiger partial charge in [-0.05, 0) is 18.8 Å². The van der Waals surface area contributed by atoms with E-state index in [9.17, 15) is 0 Å². The lowest BCUT2D eigenvalue weighted by Gasteiger charge is -2.30. The van der Waals surface area contributed by atoms with Crippen LogP contribution in [-0.2, 0) is 0 Å². The van der Waals surface area contributed by atoms with E-state index < -0.39 is 0 Å². The molecule has 0 radical (unpaired) electrons. The Morgan fingerprint density at radius 1 is 1.33 bits per heavy atom. The Balaban J connectivity index is 2.46. The highest BCUT2D eigenvalue weighted by Gasteiger charge is 2.23. The number of hydrogen-bond donors (Lipinski definition) is 1. The highest BCUT2D eigenvalue weighted by atomic mass is 15.1. The SMILES string of the molecule is CC1CCCC(C(=N)N(C)C)C1. The van der Waals surface area contributed by atoms with E-state index in [0.717, 1.165) is 11.8 Å². The van der Waals surface area contributed by atoms with Crippen molar-refractivity contribution in [2.45, 2.75) is 32.6 Å². The summed E-state index contributed by atoms with van der Waals surface area (Å²) in [6.07, 6.45) is 5.11. The Labute approximate surface area is 75.5 Å². The van der Waals surface area contributed by atoms with Crippen LogP contribution in [0.1, 0.15) is 32.6 Å². The summed E-state index contributed by atoms with van der Waals surface area (Å²) in [5.41, 5.74) is 0. The van der Waals surface area contributed by atoms with Gasteiger partial charge in [-0.15, -0.1) is 0 Å². The molecule has 0 saturated heterocycles. The van der Waals surface area contributed by atoms with Crippen LogP contribution in [-0.4, -0.2) is 24.8 Å². The molecule has 1 rings (SSSR count). The van der Waals surface area contributed by atoms with Crippen molar-refractivity contribution in [3.8, 4) is 0 Å². The van der Waals surface area contributed by atoms with Gasteiger partial charge in [0.2, 0.25) is 0 Å². The summed E-state index contributed by atoms with van der Waals surface area (Å²) in [5.74, 6) is 2.18. The van der Waals surface area contributed by atoms with Gasteiger partial charge < -0.3 is 4.90 Å². The van der Waals surface area contributed by atoms with Gasteiger partial charge in [0.25, 0.3) is 0 Å². The monoisotopic (exact) mass is 168 g/mol. The zero-order valence-electron chi connectivity index (χ0n) is 8.43. The van der Waals surface area contributed by atoms with Crippen LogP contribution in [0.2, 0.25) is 0 Å². The molecule has 2 nitrogen and oxygen atoms in total. The van der Waals surface area contributed by atoms with Crippen molar-refractivity contribution < 1.29 is 0 Å². The van der Waals surface area contributed by atoms with Crippen LogP contribution >= 0.6 is 0 Å². The molecular weight excluding hydrogens is 148 g/mol.